The Bertz CT molecular complexity index is 291. The number of nitrogens with one attached hydrogen (secondary N) is 2. The second kappa shape index (κ2) is 4.11. The van der Waals surface area contributed by atoms with Crippen molar-refractivity contribution in [3.8, 4) is 0 Å². The van der Waals surface area contributed by atoms with Crippen molar-refractivity contribution in [2.75, 3.05) is 20.1 Å². The Labute approximate surface area is 84.1 Å². The van der Waals surface area contributed by atoms with Gasteiger partial charge in [0.25, 0.3) is 0 Å². The molecule has 0 amide bonds. The Balaban J connectivity index is 2.08. The van der Waals surface area contributed by atoms with Gasteiger partial charge >= 0.3 is 0 Å². The van der Waals surface area contributed by atoms with Crippen LogP contribution in [-0.4, -0.2) is 25.1 Å². The number of nitrogens with zero attached hydrogens (tertiary/aromatic N) is 1. The molecule has 2 heterocycles. The molecule has 78 valence electrons. The van der Waals surface area contributed by atoms with Gasteiger partial charge in [0.2, 0.25) is 0 Å². The first-order valence-electron chi connectivity index (χ1n) is 5.14. The molecule has 1 fully saturated rings. The number of hydrogen-bond donors (Lipinski definition) is 2. The maximum atomic E-state index is 5.48. The van der Waals surface area contributed by atoms with Crippen LogP contribution in [0.5, 0.6) is 0 Å². The van der Waals surface area contributed by atoms with Crippen molar-refractivity contribution in [1.29, 1.82) is 0 Å². The minimum atomic E-state index is 0.266. The Kier molecular flexibility index (Phi) is 2.84. The third kappa shape index (κ3) is 1.81. The predicted octanol–water partition coefficient (Wildman–Crippen LogP) is 1.03. The highest BCUT2D eigenvalue weighted by molar-refractivity contribution is 5.06. The summed E-state index contributed by atoms with van der Waals surface area (Å²) in [5.41, 5.74) is 0.995. The van der Waals surface area contributed by atoms with Crippen LogP contribution < -0.4 is 10.6 Å². The van der Waals surface area contributed by atoms with E-state index in [4.69, 9.17) is 4.42 Å². The molecule has 2 N–H and O–H groups in total. The second-order valence-corrected chi connectivity index (χ2v) is 3.81. The monoisotopic (exact) mass is 195 g/mol. The van der Waals surface area contributed by atoms with E-state index in [-0.39, 0.29) is 6.04 Å². The SMILES string of the molecule is CNC(C)c1coc(C2CCNC2)n1. The van der Waals surface area contributed by atoms with E-state index >= 15 is 0 Å². The van der Waals surface area contributed by atoms with E-state index in [0.717, 1.165) is 31.1 Å². The molecule has 2 atom stereocenters. The molecule has 0 aliphatic carbocycles. The van der Waals surface area contributed by atoms with Crippen molar-refractivity contribution in [3.63, 3.8) is 0 Å². The van der Waals surface area contributed by atoms with Crippen molar-refractivity contribution in [3.05, 3.63) is 17.8 Å². The molecule has 14 heavy (non-hydrogen) atoms. The van der Waals surface area contributed by atoms with Crippen molar-refractivity contribution in [2.45, 2.75) is 25.3 Å². The number of hydrogen-bond acceptors (Lipinski definition) is 4. The van der Waals surface area contributed by atoms with Crippen LogP contribution in [0, 0.1) is 0 Å². The van der Waals surface area contributed by atoms with Crippen molar-refractivity contribution >= 4 is 0 Å². The van der Waals surface area contributed by atoms with Gasteiger partial charge in [0.1, 0.15) is 6.26 Å². The summed E-state index contributed by atoms with van der Waals surface area (Å²) in [4.78, 5) is 4.49. The van der Waals surface area contributed by atoms with E-state index < -0.39 is 0 Å². The summed E-state index contributed by atoms with van der Waals surface area (Å²) in [7, 11) is 1.93. The lowest BCUT2D eigenvalue weighted by molar-refractivity contribution is 0.457. The third-order valence-electron chi connectivity index (χ3n) is 2.83. The minimum Gasteiger partial charge on any atom is -0.448 e. The average molecular weight is 195 g/mol. The summed E-state index contributed by atoms with van der Waals surface area (Å²) >= 11 is 0. The van der Waals surface area contributed by atoms with Crippen molar-refractivity contribution in [1.82, 2.24) is 15.6 Å². The Hall–Kier alpha value is -0.870. The van der Waals surface area contributed by atoms with Crippen LogP contribution in [0.1, 0.15) is 36.9 Å². The minimum absolute atomic E-state index is 0.266. The van der Waals surface area contributed by atoms with Crippen LogP contribution in [0.2, 0.25) is 0 Å². The summed E-state index contributed by atoms with van der Waals surface area (Å²) < 4.78 is 5.48. The van der Waals surface area contributed by atoms with E-state index in [1.54, 1.807) is 6.26 Å². The molecule has 4 heteroatoms. The number of aromatic nitrogens is 1. The topological polar surface area (TPSA) is 50.1 Å². The normalized spacial score (nSPS) is 24.0. The molecule has 0 spiro atoms. The molecule has 0 radical (unpaired) electrons. The fourth-order valence-corrected chi connectivity index (χ4v) is 1.70. The van der Waals surface area contributed by atoms with Crippen LogP contribution in [0.25, 0.3) is 0 Å². The molecular weight excluding hydrogens is 178 g/mol. The molecule has 1 aromatic heterocycles. The van der Waals surface area contributed by atoms with Crippen LogP contribution in [0.15, 0.2) is 10.7 Å². The van der Waals surface area contributed by atoms with E-state index in [0.29, 0.717) is 5.92 Å². The fraction of sp³-hybridized carbons (Fsp3) is 0.700. The lowest BCUT2D eigenvalue weighted by Gasteiger charge is -2.04. The molecular formula is C10H17N3O. The quantitative estimate of drug-likeness (QED) is 0.756. The highest BCUT2D eigenvalue weighted by atomic mass is 16.3. The van der Waals surface area contributed by atoms with Crippen LogP contribution in [0.3, 0.4) is 0 Å². The number of oxazole rings is 1. The molecule has 0 aromatic carbocycles. The average Bonchev–Trinajstić information content (AvgIpc) is 2.86. The van der Waals surface area contributed by atoms with Crippen LogP contribution in [-0.2, 0) is 0 Å². The summed E-state index contributed by atoms with van der Waals surface area (Å²) in [6, 6.07) is 0.266. The first-order valence-corrected chi connectivity index (χ1v) is 5.14. The van der Waals surface area contributed by atoms with Crippen LogP contribution in [0.4, 0.5) is 0 Å². The molecule has 2 unspecified atom stereocenters. The third-order valence-corrected chi connectivity index (χ3v) is 2.83. The maximum Gasteiger partial charge on any atom is 0.198 e. The number of rotatable bonds is 3. The zero-order valence-electron chi connectivity index (χ0n) is 8.71. The highest BCUT2D eigenvalue weighted by Gasteiger charge is 2.22. The van der Waals surface area contributed by atoms with Gasteiger partial charge in [-0.2, -0.15) is 0 Å². The van der Waals surface area contributed by atoms with Gasteiger partial charge in [0.05, 0.1) is 5.69 Å². The standard InChI is InChI=1S/C10H17N3O/c1-7(11-2)9-6-14-10(13-9)8-3-4-12-5-8/h6-8,11-12H,3-5H2,1-2H3. The molecule has 1 saturated heterocycles. The molecule has 0 bridgehead atoms. The summed E-state index contributed by atoms with van der Waals surface area (Å²) in [6.07, 6.45) is 2.89. The lowest BCUT2D eigenvalue weighted by Crippen LogP contribution is -2.13. The van der Waals surface area contributed by atoms with Gasteiger partial charge < -0.3 is 15.1 Å². The van der Waals surface area contributed by atoms with Crippen LogP contribution >= 0.6 is 0 Å². The highest BCUT2D eigenvalue weighted by Crippen LogP contribution is 2.23. The first kappa shape index (κ1) is 9.68. The molecule has 0 saturated carbocycles. The molecule has 2 rings (SSSR count). The largest absolute Gasteiger partial charge is 0.448 e. The zero-order valence-corrected chi connectivity index (χ0v) is 8.71. The van der Waals surface area contributed by atoms with Gasteiger partial charge in [0.15, 0.2) is 5.89 Å². The maximum absolute atomic E-state index is 5.48. The van der Waals surface area contributed by atoms with Gasteiger partial charge in [-0.15, -0.1) is 0 Å². The molecule has 1 aromatic rings. The van der Waals surface area contributed by atoms with E-state index in [9.17, 15) is 0 Å². The summed E-state index contributed by atoms with van der Waals surface area (Å²) in [6.45, 7) is 4.15. The Morgan fingerprint density at radius 1 is 1.71 bits per heavy atom. The van der Waals surface area contributed by atoms with Gasteiger partial charge in [-0.3, -0.25) is 0 Å². The molecule has 1 aliphatic heterocycles. The Morgan fingerprint density at radius 3 is 3.21 bits per heavy atom. The van der Waals surface area contributed by atoms with E-state index in [2.05, 4.69) is 22.5 Å². The molecule has 4 nitrogen and oxygen atoms in total. The van der Waals surface area contributed by atoms with E-state index in [1.807, 2.05) is 7.05 Å². The smallest absolute Gasteiger partial charge is 0.198 e. The van der Waals surface area contributed by atoms with Gasteiger partial charge in [-0.1, -0.05) is 0 Å². The van der Waals surface area contributed by atoms with Gasteiger partial charge in [0, 0.05) is 18.5 Å². The molecule has 1 aliphatic rings. The van der Waals surface area contributed by atoms with Crippen molar-refractivity contribution < 1.29 is 4.42 Å². The van der Waals surface area contributed by atoms with Gasteiger partial charge in [-0.25, -0.2) is 4.98 Å². The summed E-state index contributed by atoms with van der Waals surface area (Å²) in [5.74, 6) is 1.35. The first-order chi connectivity index (χ1) is 6.81. The van der Waals surface area contributed by atoms with Crippen molar-refractivity contribution in [2.24, 2.45) is 0 Å². The predicted molar refractivity (Wildman–Crippen MR) is 54.2 cm³/mol. The lowest BCUT2D eigenvalue weighted by atomic mass is 10.1. The van der Waals surface area contributed by atoms with E-state index in [1.165, 1.54) is 0 Å². The second-order valence-electron chi connectivity index (χ2n) is 3.81. The summed E-state index contributed by atoms with van der Waals surface area (Å²) in [5, 5.41) is 6.45. The Morgan fingerprint density at radius 2 is 2.57 bits per heavy atom. The van der Waals surface area contributed by atoms with Gasteiger partial charge in [-0.05, 0) is 26.9 Å². The zero-order chi connectivity index (χ0) is 9.97. The fourth-order valence-electron chi connectivity index (χ4n) is 1.70.